The van der Waals surface area contributed by atoms with Gasteiger partial charge in [0.1, 0.15) is 5.75 Å². The summed E-state index contributed by atoms with van der Waals surface area (Å²) in [7, 11) is 1.72. The van der Waals surface area contributed by atoms with Crippen molar-refractivity contribution in [2.45, 2.75) is 13.0 Å². The molecule has 0 aromatic carbocycles. The summed E-state index contributed by atoms with van der Waals surface area (Å²) in [6.07, 6.45) is 0. The summed E-state index contributed by atoms with van der Waals surface area (Å²) < 4.78 is 7.70. The van der Waals surface area contributed by atoms with Crippen LogP contribution in [0, 0.1) is 0 Å². The molecule has 0 aliphatic carbocycles. The fourth-order valence-corrected chi connectivity index (χ4v) is 5.64. The maximum absolute atomic E-state index is 5.43. The number of rotatable bonds is 5. The van der Waals surface area contributed by atoms with E-state index in [9.17, 15) is 0 Å². The third kappa shape index (κ3) is 2.99. The zero-order chi connectivity index (χ0) is 13.1. The lowest BCUT2D eigenvalue weighted by atomic mass is 10.1. The first-order valence-corrected chi connectivity index (χ1v) is 8.75. The van der Waals surface area contributed by atoms with E-state index in [0.717, 1.165) is 19.9 Å². The van der Waals surface area contributed by atoms with Crippen LogP contribution < -0.4 is 10.1 Å². The van der Waals surface area contributed by atoms with Crippen LogP contribution in [0.3, 0.4) is 0 Å². The quantitative estimate of drug-likeness (QED) is 0.745. The average molecular weight is 411 g/mol. The lowest BCUT2D eigenvalue weighted by Gasteiger charge is -2.17. The van der Waals surface area contributed by atoms with Gasteiger partial charge in [0.05, 0.1) is 25.6 Å². The summed E-state index contributed by atoms with van der Waals surface area (Å²) in [4.78, 5) is 1.21. The number of thiophene rings is 2. The van der Waals surface area contributed by atoms with Crippen LogP contribution in [-0.2, 0) is 0 Å². The summed E-state index contributed by atoms with van der Waals surface area (Å²) in [5.41, 5.74) is 1.24. The van der Waals surface area contributed by atoms with E-state index in [2.05, 4.69) is 55.5 Å². The maximum Gasteiger partial charge on any atom is 0.134 e. The first kappa shape index (κ1) is 14.5. The Kier molecular flexibility index (Phi) is 5.26. The van der Waals surface area contributed by atoms with Crippen LogP contribution in [0.5, 0.6) is 5.75 Å². The van der Waals surface area contributed by atoms with Crippen molar-refractivity contribution in [2.24, 2.45) is 0 Å². The van der Waals surface area contributed by atoms with Gasteiger partial charge in [-0.15, -0.1) is 22.7 Å². The Hall–Kier alpha value is 0.120. The third-order valence-corrected chi connectivity index (χ3v) is 5.89. The second-order valence-electron chi connectivity index (χ2n) is 3.62. The number of ether oxygens (including phenoxy) is 1. The van der Waals surface area contributed by atoms with E-state index >= 15 is 0 Å². The highest BCUT2D eigenvalue weighted by Gasteiger charge is 2.22. The van der Waals surface area contributed by atoms with Gasteiger partial charge in [0.15, 0.2) is 0 Å². The predicted octanol–water partition coefficient (Wildman–Crippen LogP) is 5.04. The van der Waals surface area contributed by atoms with Crippen LogP contribution in [0.2, 0.25) is 0 Å². The Morgan fingerprint density at radius 2 is 2.22 bits per heavy atom. The van der Waals surface area contributed by atoms with Crippen molar-refractivity contribution in [1.29, 1.82) is 0 Å². The van der Waals surface area contributed by atoms with Crippen molar-refractivity contribution in [1.82, 2.24) is 5.32 Å². The number of hydrogen-bond donors (Lipinski definition) is 1. The Labute approximate surface area is 132 Å². The number of methoxy groups -OCH3 is 1. The Balaban J connectivity index is 2.42. The van der Waals surface area contributed by atoms with Gasteiger partial charge in [-0.2, -0.15) is 0 Å². The molecule has 0 saturated carbocycles. The molecule has 1 N–H and O–H groups in total. The lowest BCUT2D eigenvalue weighted by Crippen LogP contribution is -2.21. The number of hydrogen-bond acceptors (Lipinski definition) is 4. The van der Waals surface area contributed by atoms with Gasteiger partial charge in [-0.3, -0.25) is 0 Å². The molecule has 98 valence electrons. The van der Waals surface area contributed by atoms with E-state index in [1.807, 2.05) is 6.07 Å². The zero-order valence-corrected chi connectivity index (χ0v) is 14.8. The minimum absolute atomic E-state index is 0.168. The summed E-state index contributed by atoms with van der Waals surface area (Å²) in [5.74, 6) is 0.945. The topological polar surface area (TPSA) is 21.3 Å². The molecule has 18 heavy (non-hydrogen) atoms. The molecule has 2 rings (SSSR count). The van der Waals surface area contributed by atoms with Gasteiger partial charge in [-0.05, 0) is 55.9 Å². The highest BCUT2D eigenvalue weighted by molar-refractivity contribution is 9.12. The van der Waals surface area contributed by atoms with E-state index in [0.29, 0.717) is 0 Å². The van der Waals surface area contributed by atoms with Gasteiger partial charge in [0.25, 0.3) is 0 Å². The predicted molar refractivity (Wildman–Crippen MR) is 86.1 cm³/mol. The Morgan fingerprint density at radius 3 is 2.78 bits per heavy atom. The van der Waals surface area contributed by atoms with Crippen molar-refractivity contribution in [3.05, 3.63) is 35.5 Å². The van der Waals surface area contributed by atoms with Crippen LogP contribution >= 0.6 is 54.5 Å². The molecule has 2 aromatic heterocycles. The Bertz CT molecular complexity index is 524. The number of halogens is 2. The van der Waals surface area contributed by atoms with Crippen LogP contribution in [0.15, 0.2) is 25.1 Å². The van der Waals surface area contributed by atoms with Gasteiger partial charge in [-0.25, -0.2) is 0 Å². The second kappa shape index (κ2) is 6.52. The molecule has 1 unspecified atom stereocenters. The van der Waals surface area contributed by atoms with E-state index in [-0.39, 0.29) is 6.04 Å². The van der Waals surface area contributed by atoms with Crippen LogP contribution in [-0.4, -0.2) is 13.7 Å². The highest BCUT2D eigenvalue weighted by Crippen LogP contribution is 2.41. The SMILES string of the molecule is CCNC(c1cc(Br)sc1Br)c1sccc1OC. The largest absolute Gasteiger partial charge is 0.496 e. The molecule has 0 saturated heterocycles. The van der Waals surface area contributed by atoms with Crippen LogP contribution in [0.1, 0.15) is 23.4 Å². The molecule has 0 amide bonds. The van der Waals surface area contributed by atoms with E-state index in [4.69, 9.17) is 4.74 Å². The van der Waals surface area contributed by atoms with Crippen molar-refractivity contribution >= 4 is 54.5 Å². The molecule has 2 aromatic rings. The molecule has 0 aliphatic rings. The van der Waals surface area contributed by atoms with E-state index < -0.39 is 0 Å². The monoisotopic (exact) mass is 409 g/mol. The first-order chi connectivity index (χ1) is 8.67. The Morgan fingerprint density at radius 1 is 1.44 bits per heavy atom. The molecule has 0 bridgehead atoms. The van der Waals surface area contributed by atoms with Gasteiger partial charge >= 0.3 is 0 Å². The average Bonchev–Trinajstić information content (AvgIpc) is 2.92. The summed E-state index contributed by atoms with van der Waals surface area (Å²) in [6.45, 7) is 3.02. The normalized spacial score (nSPS) is 12.7. The zero-order valence-electron chi connectivity index (χ0n) is 10.00. The fraction of sp³-hybridized carbons (Fsp3) is 0.333. The van der Waals surface area contributed by atoms with Gasteiger partial charge in [0, 0.05) is 5.56 Å². The molecule has 0 fully saturated rings. The lowest BCUT2D eigenvalue weighted by molar-refractivity contribution is 0.408. The van der Waals surface area contributed by atoms with Crippen molar-refractivity contribution in [3.8, 4) is 5.75 Å². The standard InChI is InChI=1S/C12H13Br2NOS2/c1-3-15-10(7-6-9(13)18-12(7)14)11-8(16-2)4-5-17-11/h4-6,10,15H,3H2,1-2H3. The molecular formula is C12H13Br2NOS2. The van der Waals surface area contributed by atoms with Crippen molar-refractivity contribution in [2.75, 3.05) is 13.7 Å². The fourth-order valence-electron chi connectivity index (χ4n) is 1.79. The summed E-state index contributed by atoms with van der Waals surface area (Å²) in [5, 5.41) is 5.58. The molecule has 6 heteroatoms. The molecule has 1 atom stereocenters. The minimum atomic E-state index is 0.168. The van der Waals surface area contributed by atoms with Gasteiger partial charge in [0.2, 0.25) is 0 Å². The second-order valence-corrected chi connectivity index (χ2v) is 8.32. The van der Waals surface area contributed by atoms with Crippen molar-refractivity contribution < 1.29 is 4.74 Å². The van der Waals surface area contributed by atoms with Gasteiger partial charge in [-0.1, -0.05) is 6.92 Å². The van der Waals surface area contributed by atoms with Crippen molar-refractivity contribution in [3.63, 3.8) is 0 Å². The molecule has 0 radical (unpaired) electrons. The van der Waals surface area contributed by atoms with Crippen LogP contribution in [0.4, 0.5) is 0 Å². The maximum atomic E-state index is 5.43. The third-order valence-electron chi connectivity index (χ3n) is 2.54. The minimum Gasteiger partial charge on any atom is -0.496 e. The molecule has 0 spiro atoms. The van der Waals surface area contributed by atoms with E-state index in [1.54, 1.807) is 29.8 Å². The summed E-state index contributed by atoms with van der Waals surface area (Å²) >= 11 is 10.6. The highest BCUT2D eigenvalue weighted by atomic mass is 79.9. The first-order valence-electron chi connectivity index (χ1n) is 5.46. The molecule has 0 aliphatic heterocycles. The summed E-state index contributed by atoms with van der Waals surface area (Å²) in [6, 6.07) is 4.34. The molecule has 2 heterocycles. The van der Waals surface area contributed by atoms with Crippen LogP contribution in [0.25, 0.3) is 0 Å². The molecular weight excluding hydrogens is 398 g/mol. The molecule has 2 nitrogen and oxygen atoms in total. The van der Waals surface area contributed by atoms with E-state index in [1.165, 1.54) is 10.4 Å². The van der Waals surface area contributed by atoms with Gasteiger partial charge < -0.3 is 10.1 Å². The number of nitrogens with one attached hydrogen (secondary N) is 1. The smallest absolute Gasteiger partial charge is 0.134 e.